The number of nitrogens with one attached hydrogen (secondary N) is 1. The standard InChI is InChI=1S/C20H18N2O4S/c1-4-25-14-7-5-6-12-10-15(26-17(12)14)19(23)22-20-21-16-13(24-3)9-8-11(2)18(16)27-20/h5-10H,4H2,1-3H3,(H,21,22,23). The summed E-state index contributed by atoms with van der Waals surface area (Å²) in [6, 6.07) is 11.1. The number of hydrogen-bond donors (Lipinski definition) is 1. The molecule has 0 spiro atoms. The highest BCUT2D eigenvalue weighted by molar-refractivity contribution is 7.22. The number of ether oxygens (including phenoxy) is 2. The molecule has 0 saturated heterocycles. The van der Waals surface area contributed by atoms with E-state index < -0.39 is 0 Å². The fraction of sp³-hybridized carbons (Fsp3) is 0.200. The maximum atomic E-state index is 12.7. The summed E-state index contributed by atoms with van der Waals surface area (Å²) in [4.78, 5) is 17.2. The summed E-state index contributed by atoms with van der Waals surface area (Å²) in [6.45, 7) is 4.42. The number of nitrogens with zero attached hydrogens (tertiary/aromatic N) is 1. The molecule has 0 aliphatic carbocycles. The summed E-state index contributed by atoms with van der Waals surface area (Å²) in [5.41, 5.74) is 2.38. The lowest BCUT2D eigenvalue weighted by molar-refractivity contribution is 0.0998. The average molecular weight is 382 g/mol. The van der Waals surface area contributed by atoms with Gasteiger partial charge in [-0.05, 0) is 37.6 Å². The van der Waals surface area contributed by atoms with Crippen LogP contribution in [0, 0.1) is 6.92 Å². The van der Waals surface area contributed by atoms with Crippen LogP contribution in [-0.2, 0) is 0 Å². The number of furan rings is 1. The second-order valence-corrected chi connectivity index (χ2v) is 6.95. The highest BCUT2D eigenvalue weighted by Crippen LogP contribution is 2.35. The third-order valence-electron chi connectivity index (χ3n) is 4.18. The van der Waals surface area contributed by atoms with Crippen LogP contribution in [0.25, 0.3) is 21.2 Å². The molecule has 4 aromatic rings. The molecule has 6 nitrogen and oxygen atoms in total. The van der Waals surface area contributed by atoms with Crippen molar-refractivity contribution in [1.29, 1.82) is 0 Å². The minimum absolute atomic E-state index is 0.208. The number of methoxy groups -OCH3 is 1. The predicted octanol–water partition coefficient (Wildman–Crippen LogP) is 5.01. The largest absolute Gasteiger partial charge is 0.494 e. The number of fused-ring (bicyclic) bond motifs is 2. The summed E-state index contributed by atoms with van der Waals surface area (Å²) in [6.07, 6.45) is 0. The van der Waals surface area contributed by atoms with Gasteiger partial charge in [0, 0.05) is 5.39 Å². The van der Waals surface area contributed by atoms with E-state index in [9.17, 15) is 4.79 Å². The van der Waals surface area contributed by atoms with Gasteiger partial charge in [0.2, 0.25) is 0 Å². The lowest BCUT2D eigenvalue weighted by Crippen LogP contribution is -2.10. The molecule has 27 heavy (non-hydrogen) atoms. The Kier molecular flexibility index (Phi) is 4.45. The number of rotatable bonds is 5. The lowest BCUT2D eigenvalue weighted by atomic mass is 10.2. The van der Waals surface area contributed by atoms with E-state index in [1.807, 2.05) is 44.2 Å². The smallest absolute Gasteiger partial charge is 0.293 e. The number of thiazole rings is 1. The summed E-state index contributed by atoms with van der Waals surface area (Å²) >= 11 is 1.41. The third kappa shape index (κ3) is 3.10. The van der Waals surface area contributed by atoms with E-state index in [1.165, 1.54) is 11.3 Å². The molecular formula is C20H18N2O4S. The first kappa shape index (κ1) is 17.4. The van der Waals surface area contributed by atoms with Crippen molar-refractivity contribution in [3.8, 4) is 11.5 Å². The zero-order valence-corrected chi connectivity index (χ0v) is 16.0. The van der Waals surface area contributed by atoms with E-state index >= 15 is 0 Å². The van der Waals surface area contributed by atoms with Crippen LogP contribution < -0.4 is 14.8 Å². The van der Waals surface area contributed by atoms with E-state index in [1.54, 1.807) is 13.2 Å². The number of anilines is 1. The molecule has 2 aromatic carbocycles. The number of benzene rings is 2. The summed E-state index contributed by atoms with van der Waals surface area (Å²) in [7, 11) is 1.60. The Morgan fingerprint density at radius 3 is 2.89 bits per heavy atom. The van der Waals surface area contributed by atoms with Gasteiger partial charge < -0.3 is 13.9 Å². The Bertz CT molecular complexity index is 1150. The number of aryl methyl sites for hydroxylation is 1. The van der Waals surface area contributed by atoms with Crippen LogP contribution in [0.1, 0.15) is 23.0 Å². The molecule has 2 aromatic heterocycles. The van der Waals surface area contributed by atoms with Gasteiger partial charge in [-0.1, -0.05) is 29.5 Å². The van der Waals surface area contributed by atoms with E-state index in [2.05, 4.69) is 10.3 Å². The lowest BCUT2D eigenvalue weighted by Gasteiger charge is -2.02. The van der Waals surface area contributed by atoms with Gasteiger partial charge in [0.25, 0.3) is 5.91 Å². The van der Waals surface area contributed by atoms with Gasteiger partial charge in [0.1, 0.15) is 11.3 Å². The van der Waals surface area contributed by atoms with Gasteiger partial charge in [0.15, 0.2) is 22.2 Å². The van der Waals surface area contributed by atoms with Gasteiger partial charge in [-0.3, -0.25) is 10.1 Å². The SMILES string of the molecule is CCOc1cccc2cc(C(=O)Nc3nc4c(OC)ccc(C)c4s3)oc12. The van der Waals surface area contributed by atoms with Crippen LogP contribution in [0.2, 0.25) is 0 Å². The van der Waals surface area contributed by atoms with E-state index in [4.69, 9.17) is 13.9 Å². The molecule has 7 heteroatoms. The number of carbonyl (C=O) groups excluding carboxylic acids is 1. The van der Waals surface area contributed by atoms with E-state index in [0.717, 1.165) is 21.2 Å². The Morgan fingerprint density at radius 1 is 1.26 bits per heavy atom. The van der Waals surface area contributed by atoms with E-state index in [0.29, 0.717) is 28.8 Å². The first-order chi connectivity index (χ1) is 13.1. The van der Waals surface area contributed by atoms with Gasteiger partial charge >= 0.3 is 0 Å². The Labute approximate surface area is 159 Å². The van der Waals surface area contributed by atoms with Gasteiger partial charge in [-0.25, -0.2) is 4.98 Å². The quantitative estimate of drug-likeness (QED) is 0.525. The topological polar surface area (TPSA) is 73.6 Å². The van der Waals surface area contributed by atoms with Crippen LogP contribution in [-0.4, -0.2) is 24.6 Å². The summed E-state index contributed by atoms with van der Waals surface area (Å²) in [5.74, 6) is 1.15. The number of amides is 1. The summed E-state index contributed by atoms with van der Waals surface area (Å²) in [5, 5.41) is 4.12. The molecule has 138 valence electrons. The molecule has 0 aliphatic rings. The normalized spacial score (nSPS) is 11.1. The van der Waals surface area contributed by atoms with E-state index in [-0.39, 0.29) is 11.7 Å². The second-order valence-electron chi connectivity index (χ2n) is 5.95. The van der Waals surface area contributed by atoms with Gasteiger partial charge in [0.05, 0.1) is 18.4 Å². The molecule has 0 bridgehead atoms. The molecule has 1 N–H and O–H groups in total. The van der Waals surface area contributed by atoms with Crippen molar-refractivity contribution in [2.24, 2.45) is 0 Å². The predicted molar refractivity (Wildman–Crippen MR) is 106 cm³/mol. The van der Waals surface area contributed by atoms with Crippen molar-refractivity contribution in [3.63, 3.8) is 0 Å². The first-order valence-corrected chi connectivity index (χ1v) is 9.33. The fourth-order valence-electron chi connectivity index (χ4n) is 2.90. The Hall–Kier alpha value is -3.06. The Morgan fingerprint density at radius 2 is 2.11 bits per heavy atom. The molecular weight excluding hydrogens is 364 g/mol. The maximum Gasteiger partial charge on any atom is 0.293 e. The van der Waals surface area contributed by atoms with Crippen molar-refractivity contribution >= 4 is 43.6 Å². The Balaban J connectivity index is 1.66. The number of aromatic nitrogens is 1. The molecule has 0 atom stereocenters. The average Bonchev–Trinajstić information content (AvgIpc) is 3.28. The van der Waals surface area contributed by atoms with Crippen molar-refractivity contribution in [2.75, 3.05) is 19.0 Å². The van der Waals surface area contributed by atoms with Crippen LogP contribution >= 0.6 is 11.3 Å². The van der Waals surface area contributed by atoms with Crippen LogP contribution in [0.15, 0.2) is 40.8 Å². The van der Waals surface area contributed by atoms with Crippen LogP contribution in [0.3, 0.4) is 0 Å². The molecule has 0 fully saturated rings. The molecule has 0 unspecified atom stereocenters. The van der Waals surface area contributed by atoms with Gasteiger partial charge in [-0.15, -0.1) is 0 Å². The van der Waals surface area contributed by atoms with Crippen molar-refractivity contribution in [3.05, 3.63) is 47.7 Å². The van der Waals surface area contributed by atoms with Gasteiger partial charge in [-0.2, -0.15) is 0 Å². The molecule has 2 heterocycles. The minimum atomic E-state index is -0.357. The molecule has 0 radical (unpaired) electrons. The molecule has 0 aliphatic heterocycles. The zero-order chi connectivity index (χ0) is 19.0. The summed E-state index contributed by atoms with van der Waals surface area (Å²) < 4.78 is 17.6. The van der Waals surface area contributed by atoms with Crippen molar-refractivity contribution in [2.45, 2.75) is 13.8 Å². The minimum Gasteiger partial charge on any atom is -0.494 e. The number of carbonyl (C=O) groups is 1. The van der Waals surface area contributed by atoms with Crippen molar-refractivity contribution in [1.82, 2.24) is 4.98 Å². The fourth-order valence-corrected chi connectivity index (χ4v) is 3.85. The molecule has 1 amide bonds. The first-order valence-electron chi connectivity index (χ1n) is 8.51. The monoisotopic (exact) mass is 382 g/mol. The van der Waals surface area contributed by atoms with Crippen molar-refractivity contribution < 1.29 is 18.7 Å². The molecule has 0 saturated carbocycles. The second kappa shape index (κ2) is 6.92. The van der Waals surface area contributed by atoms with Crippen LogP contribution in [0.5, 0.6) is 11.5 Å². The third-order valence-corrected chi connectivity index (χ3v) is 5.28. The zero-order valence-electron chi connectivity index (χ0n) is 15.2. The number of para-hydroxylation sites is 1. The molecule has 4 rings (SSSR count). The van der Waals surface area contributed by atoms with Crippen LogP contribution in [0.4, 0.5) is 5.13 Å². The number of hydrogen-bond acceptors (Lipinski definition) is 6. The highest BCUT2D eigenvalue weighted by Gasteiger charge is 2.18. The maximum absolute atomic E-state index is 12.7. The highest BCUT2D eigenvalue weighted by atomic mass is 32.1.